The standard InChI is InChI=1S/C36H62N2Si.C36H34N2Si.6ClH.2Zr/c2*1-21-15-17-29-27(19-21)31-23-11-7-9-13-25(23)35(33(31)37(29)3)39(5,6)36-26-14-10-8-12-24(26)32-28-20-22(2)16-18-30(28)38(4)34(32)36;;;;;;;;/h21-36H,7-20H2,1-6H3;7-20,35-36H,1-6H3;6*1H;;/q;;;;;;;;+2;+4/p-6. The van der Waals surface area contributed by atoms with Gasteiger partial charge in [0, 0.05) is 93.7 Å². The molecule has 18 unspecified atom stereocenters. The molecule has 462 valence electrons. The zero-order chi connectivity index (χ0) is 60.8. The fourth-order valence-electron chi connectivity index (χ4n) is 23.5. The van der Waals surface area contributed by atoms with Crippen LogP contribution in [0.2, 0.25) is 37.3 Å². The Kier molecular flexibility index (Phi) is 18.7. The number of benzene rings is 4. The Morgan fingerprint density at radius 1 is 0.477 bits per heavy atom. The van der Waals surface area contributed by atoms with Crippen LogP contribution < -0.4 is 0 Å². The van der Waals surface area contributed by atoms with Crippen molar-refractivity contribution in [2.75, 3.05) is 14.1 Å². The normalized spacial score (nSPS) is 34.8. The molecule has 2 aliphatic heterocycles. The molecular formula is C72H96Cl6N4Si2Zr2. The van der Waals surface area contributed by atoms with Crippen molar-refractivity contribution in [1.29, 1.82) is 0 Å². The summed E-state index contributed by atoms with van der Waals surface area (Å²) in [5.74, 6) is 10.4. The summed E-state index contributed by atoms with van der Waals surface area (Å²) in [5.41, 5.74) is 20.2. The second-order valence-electron chi connectivity index (χ2n) is 30.9. The number of hydrogen-bond donors (Lipinski definition) is 0. The third kappa shape index (κ3) is 10.7. The first kappa shape index (κ1) is 64.5. The predicted molar refractivity (Wildman–Crippen MR) is 369 cm³/mol. The second-order valence-corrected chi connectivity index (χ2v) is 66.8. The van der Waals surface area contributed by atoms with Crippen LogP contribution in [0.5, 0.6) is 0 Å². The average Bonchev–Trinajstić information content (AvgIpc) is 1.57. The molecule has 6 saturated carbocycles. The topological polar surface area (TPSA) is 16.3 Å². The zero-order valence-electron chi connectivity index (χ0n) is 53.4. The number of fused-ring (bicyclic) bond motifs is 20. The Morgan fingerprint density at radius 2 is 0.837 bits per heavy atom. The molecule has 10 aliphatic rings. The van der Waals surface area contributed by atoms with E-state index in [1.807, 2.05) is 0 Å². The van der Waals surface area contributed by atoms with Crippen molar-refractivity contribution in [1.82, 2.24) is 18.9 Å². The summed E-state index contributed by atoms with van der Waals surface area (Å²) in [6.45, 7) is 21.0. The van der Waals surface area contributed by atoms with Crippen LogP contribution in [0.25, 0.3) is 44.1 Å². The van der Waals surface area contributed by atoms with E-state index >= 15 is 0 Å². The van der Waals surface area contributed by atoms with Crippen molar-refractivity contribution in [2.45, 2.75) is 190 Å². The number of aromatic nitrogens is 2. The molecule has 2 saturated heterocycles. The van der Waals surface area contributed by atoms with Crippen molar-refractivity contribution in [3.8, 4) is 22.3 Å². The van der Waals surface area contributed by atoms with Crippen LogP contribution in [0.1, 0.15) is 148 Å². The SMILES string of the molecule is CC1CCC2C(C1)C1C3CCCCC3C([Si](C)(C)C3C4CCCCC4C4C5CC(C)CCC5N(C)C43)C1N2C.Cc1ccc2c(c1)c1c(n2C)C([Si](C)(C)C2c3ccccc3-c3c2n(C)c2ccc(C)cc32)c2ccccc2-1.[Cl][Zr]([Cl])([Cl])[Cl].[Cl][Zr][Cl]. The van der Waals surface area contributed by atoms with E-state index in [1.54, 1.807) is 64.2 Å². The van der Waals surface area contributed by atoms with Gasteiger partial charge in [-0.2, -0.15) is 0 Å². The summed E-state index contributed by atoms with van der Waals surface area (Å²) in [6, 6.07) is 36.2. The van der Waals surface area contributed by atoms with E-state index in [2.05, 4.69) is 186 Å². The molecule has 8 fully saturated rings. The van der Waals surface area contributed by atoms with Gasteiger partial charge in [0.25, 0.3) is 0 Å². The Morgan fingerprint density at radius 3 is 1.22 bits per heavy atom. The number of aryl methyl sites for hydroxylation is 4. The van der Waals surface area contributed by atoms with E-state index in [-0.39, 0.29) is 0 Å². The van der Waals surface area contributed by atoms with Gasteiger partial charge in [-0.1, -0.05) is 150 Å². The fourth-order valence-corrected chi connectivity index (χ4v) is 34.2. The van der Waals surface area contributed by atoms with Gasteiger partial charge in [0.2, 0.25) is 0 Å². The van der Waals surface area contributed by atoms with Crippen LogP contribution in [0, 0.1) is 73.0 Å². The van der Waals surface area contributed by atoms with E-state index in [0.29, 0.717) is 11.1 Å². The summed E-state index contributed by atoms with van der Waals surface area (Å²) < 4.78 is 5.05. The molecule has 8 aliphatic carbocycles. The molecule has 16 rings (SSSR count). The van der Waals surface area contributed by atoms with Crippen molar-refractivity contribution in [3.63, 3.8) is 0 Å². The van der Waals surface area contributed by atoms with Crippen LogP contribution in [0.3, 0.4) is 0 Å². The first-order valence-corrected chi connectivity index (χ1v) is 58.8. The third-order valence-corrected chi connectivity index (χ3v) is 35.2. The number of hydrogen-bond acceptors (Lipinski definition) is 2. The third-order valence-electron chi connectivity index (χ3n) is 26.0. The molecule has 6 aromatic rings. The predicted octanol–water partition coefficient (Wildman–Crippen LogP) is 21.7. The van der Waals surface area contributed by atoms with Crippen LogP contribution >= 0.6 is 51.1 Å². The van der Waals surface area contributed by atoms with E-state index in [1.165, 1.54) is 103 Å². The molecule has 2 aromatic heterocycles. The molecule has 0 radical (unpaired) electrons. The van der Waals surface area contributed by atoms with Gasteiger partial charge in [0.05, 0.1) is 16.1 Å². The molecular weight excluding hydrogens is 1370 g/mol. The zero-order valence-corrected chi connectivity index (χ0v) is 64.9. The summed E-state index contributed by atoms with van der Waals surface area (Å²) in [5, 5.41) is 2.81. The van der Waals surface area contributed by atoms with Gasteiger partial charge in [-0.3, -0.25) is 9.80 Å². The monoisotopic (exact) mass is 1460 g/mol. The van der Waals surface area contributed by atoms with E-state index < -0.39 is 52.5 Å². The second kappa shape index (κ2) is 24.9. The molecule has 4 aromatic carbocycles. The van der Waals surface area contributed by atoms with Gasteiger partial charge in [0.15, 0.2) is 0 Å². The fraction of sp³-hybridized carbons (Fsp3) is 0.611. The van der Waals surface area contributed by atoms with Gasteiger partial charge in [-0.15, -0.1) is 0 Å². The molecule has 4 heterocycles. The quantitative estimate of drug-likeness (QED) is 0.164. The van der Waals surface area contributed by atoms with Crippen LogP contribution in [0.15, 0.2) is 84.9 Å². The van der Waals surface area contributed by atoms with Crippen molar-refractivity contribution in [3.05, 3.63) is 119 Å². The average molecular weight is 1470 g/mol. The molecule has 4 nitrogen and oxygen atoms in total. The van der Waals surface area contributed by atoms with Crippen LogP contribution in [-0.4, -0.2) is 73.3 Å². The number of likely N-dealkylation sites (tertiary alicyclic amines) is 2. The van der Waals surface area contributed by atoms with E-state index in [9.17, 15) is 0 Å². The Labute approximate surface area is 556 Å². The van der Waals surface area contributed by atoms with Gasteiger partial charge < -0.3 is 9.13 Å². The summed E-state index contributed by atoms with van der Waals surface area (Å²) >= 11 is -4.12. The number of nitrogens with zero attached hydrogens (tertiary/aromatic N) is 4. The molecule has 18 atom stereocenters. The maximum atomic E-state index is 5.04. The molecule has 0 bridgehead atoms. The number of halogens is 6. The van der Waals surface area contributed by atoms with Gasteiger partial charge >= 0.3 is 87.4 Å². The van der Waals surface area contributed by atoms with Crippen molar-refractivity contribution in [2.24, 2.45) is 73.3 Å². The summed E-state index contributed by atoms with van der Waals surface area (Å²) in [7, 11) is 36.2. The van der Waals surface area contributed by atoms with E-state index in [0.717, 1.165) is 94.4 Å². The van der Waals surface area contributed by atoms with Crippen LogP contribution in [0.4, 0.5) is 0 Å². The van der Waals surface area contributed by atoms with Gasteiger partial charge in [0.1, 0.15) is 0 Å². The molecule has 0 N–H and O–H groups in total. The first-order valence-electron chi connectivity index (χ1n) is 33.5. The van der Waals surface area contributed by atoms with Crippen LogP contribution in [-0.2, 0) is 50.4 Å². The van der Waals surface area contributed by atoms with Crippen molar-refractivity contribution < 1.29 is 36.3 Å². The van der Waals surface area contributed by atoms with Crippen molar-refractivity contribution >= 4 is 89.0 Å². The minimum absolute atomic E-state index is 0.408. The first-order chi connectivity index (χ1) is 41.0. The Hall–Kier alpha value is -0.180. The summed E-state index contributed by atoms with van der Waals surface area (Å²) in [6.07, 6.45) is 21.6. The summed E-state index contributed by atoms with van der Waals surface area (Å²) in [4.78, 5) is 6.20. The molecule has 14 heteroatoms. The van der Waals surface area contributed by atoms with E-state index in [4.69, 9.17) is 51.1 Å². The molecule has 0 amide bonds. The van der Waals surface area contributed by atoms with Gasteiger partial charge in [-0.25, -0.2) is 0 Å². The van der Waals surface area contributed by atoms with Gasteiger partial charge in [-0.05, 0) is 196 Å². The minimum atomic E-state index is -3.29. The Bertz CT molecular complexity index is 3280. The number of rotatable bonds is 4. The molecule has 86 heavy (non-hydrogen) atoms. The maximum absolute atomic E-state index is 5.04. The molecule has 0 spiro atoms. The Balaban J connectivity index is 0.000000142.